The molecule has 0 saturated carbocycles. The standard InChI is InChI=1S/C24H32Cl2N4O4/c1-17(31)27-19-6-9-28(10-7-19)15-20(32)16-30-13-12-29(11-8-24(30)34)23(33)5-3-18-2-4-21(25)22(26)14-18/h2-5,14,19-20,32H,6-13,15-16H2,1H3,(H,27,31)/b5-3+. The third-order valence-electron chi connectivity index (χ3n) is 6.16. The predicted octanol–water partition coefficient (Wildman–Crippen LogP) is 2.03. The summed E-state index contributed by atoms with van der Waals surface area (Å²) in [4.78, 5) is 41.9. The van der Waals surface area contributed by atoms with Crippen molar-refractivity contribution in [2.24, 2.45) is 0 Å². The summed E-state index contributed by atoms with van der Waals surface area (Å²) in [5, 5.41) is 14.4. The predicted molar refractivity (Wildman–Crippen MR) is 133 cm³/mol. The largest absolute Gasteiger partial charge is 0.390 e. The second-order valence-corrected chi connectivity index (χ2v) is 9.67. The number of β-amino-alcohol motifs (C(OH)–C–C–N with tert-alkyl or cyclic N) is 1. The maximum absolute atomic E-state index is 12.6. The van der Waals surface area contributed by atoms with Crippen molar-refractivity contribution in [1.82, 2.24) is 20.0 Å². The molecule has 2 aliphatic heterocycles. The van der Waals surface area contributed by atoms with Gasteiger partial charge in [-0.05, 0) is 36.6 Å². The van der Waals surface area contributed by atoms with Gasteiger partial charge in [0.1, 0.15) is 0 Å². The first-order chi connectivity index (χ1) is 16.2. The number of piperidine rings is 1. The summed E-state index contributed by atoms with van der Waals surface area (Å²) in [5.74, 6) is -0.258. The molecule has 8 nitrogen and oxygen atoms in total. The van der Waals surface area contributed by atoms with E-state index in [1.54, 1.807) is 34.1 Å². The number of likely N-dealkylation sites (tertiary alicyclic amines) is 1. The molecular weight excluding hydrogens is 479 g/mol. The molecular formula is C24H32Cl2N4O4. The van der Waals surface area contributed by atoms with Crippen LogP contribution in [0, 0.1) is 0 Å². The average molecular weight is 511 g/mol. The highest BCUT2D eigenvalue weighted by atomic mass is 35.5. The zero-order chi connectivity index (χ0) is 24.7. The Labute approximate surface area is 210 Å². The second-order valence-electron chi connectivity index (χ2n) is 8.85. The van der Waals surface area contributed by atoms with E-state index >= 15 is 0 Å². The first-order valence-electron chi connectivity index (χ1n) is 11.6. The highest BCUT2D eigenvalue weighted by Crippen LogP contribution is 2.23. The van der Waals surface area contributed by atoms with E-state index in [-0.39, 0.29) is 36.7 Å². The number of nitrogens with zero attached hydrogens (tertiary/aromatic N) is 3. The fourth-order valence-corrected chi connectivity index (χ4v) is 4.63. The van der Waals surface area contributed by atoms with Crippen molar-refractivity contribution >= 4 is 47.0 Å². The fraction of sp³-hybridized carbons (Fsp3) is 0.542. The van der Waals surface area contributed by atoms with Gasteiger partial charge in [0.2, 0.25) is 17.7 Å². The van der Waals surface area contributed by atoms with Crippen LogP contribution in [0.25, 0.3) is 6.08 Å². The van der Waals surface area contributed by atoms with Gasteiger partial charge in [-0.15, -0.1) is 0 Å². The number of hydrogen-bond acceptors (Lipinski definition) is 5. The molecule has 0 spiro atoms. The lowest BCUT2D eigenvalue weighted by Crippen LogP contribution is -2.48. The molecule has 1 atom stereocenters. The number of hydrogen-bond donors (Lipinski definition) is 2. The molecule has 3 amide bonds. The van der Waals surface area contributed by atoms with Gasteiger partial charge < -0.3 is 25.1 Å². The van der Waals surface area contributed by atoms with E-state index in [0.29, 0.717) is 36.2 Å². The van der Waals surface area contributed by atoms with Crippen LogP contribution in [0.3, 0.4) is 0 Å². The molecule has 0 bridgehead atoms. The van der Waals surface area contributed by atoms with E-state index in [2.05, 4.69) is 10.2 Å². The van der Waals surface area contributed by atoms with E-state index in [9.17, 15) is 19.5 Å². The number of carbonyl (C=O) groups excluding carboxylic acids is 3. The monoisotopic (exact) mass is 510 g/mol. The molecule has 0 radical (unpaired) electrons. The molecule has 34 heavy (non-hydrogen) atoms. The fourth-order valence-electron chi connectivity index (χ4n) is 4.33. The van der Waals surface area contributed by atoms with Crippen LogP contribution in [0.1, 0.15) is 31.7 Å². The number of rotatable bonds is 7. The average Bonchev–Trinajstić information content (AvgIpc) is 2.97. The lowest BCUT2D eigenvalue weighted by atomic mass is 10.0. The van der Waals surface area contributed by atoms with Crippen LogP contribution < -0.4 is 5.32 Å². The van der Waals surface area contributed by atoms with Crippen LogP contribution in [-0.2, 0) is 14.4 Å². The lowest BCUT2D eigenvalue weighted by molar-refractivity contribution is -0.131. The van der Waals surface area contributed by atoms with Crippen molar-refractivity contribution in [3.8, 4) is 0 Å². The molecule has 10 heteroatoms. The molecule has 186 valence electrons. The van der Waals surface area contributed by atoms with E-state index < -0.39 is 6.10 Å². The Bertz CT molecular complexity index is 918. The number of aliphatic hydroxyl groups is 1. The topological polar surface area (TPSA) is 93.2 Å². The minimum absolute atomic E-state index is 0.0180. The Kier molecular flexibility index (Phi) is 9.76. The molecule has 2 heterocycles. The van der Waals surface area contributed by atoms with Gasteiger partial charge in [0.25, 0.3) is 0 Å². The summed E-state index contributed by atoms with van der Waals surface area (Å²) in [6, 6.07) is 5.32. The summed E-state index contributed by atoms with van der Waals surface area (Å²) < 4.78 is 0. The number of carbonyl (C=O) groups is 3. The van der Waals surface area contributed by atoms with Gasteiger partial charge in [-0.25, -0.2) is 0 Å². The Morgan fingerprint density at radius 2 is 1.85 bits per heavy atom. The molecule has 2 aliphatic rings. The summed E-state index contributed by atoms with van der Waals surface area (Å²) in [7, 11) is 0. The molecule has 2 fully saturated rings. The molecule has 1 unspecified atom stereocenters. The minimum Gasteiger partial charge on any atom is -0.390 e. The summed E-state index contributed by atoms with van der Waals surface area (Å²) in [6.45, 7) is 4.96. The SMILES string of the molecule is CC(=O)NC1CCN(CC(O)CN2CCN(C(=O)/C=C/c3ccc(Cl)c(Cl)c3)CCC2=O)CC1. The van der Waals surface area contributed by atoms with E-state index in [0.717, 1.165) is 31.5 Å². The molecule has 1 aromatic carbocycles. The Balaban J connectivity index is 1.45. The van der Waals surface area contributed by atoms with E-state index in [4.69, 9.17) is 23.2 Å². The first kappa shape index (κ1) is 26.5. The summed E-state index contributed by atoms with van der Waals surface area (Å²) >= 11 is 11.9. The molecule has 1 aromatic rings. The smallest absolute Gasteiger partial charge is 0.246 e. The maximum atomic E-state index is 12.6. The third kappa shape index (κ3) is 7.98. The summed E-state index contributed by atoms with van der Waals surface area (Å²) in [5.41, 5.74) is 0.763. The first-order valence-corrected chi connectivity index (χ1v) is 12.3. The second kappa shape index (κ2) is 12.5. The van der Waals surface area contributed by atoms with Crippen LogP contribution in [0.5, 0.6) is 0 Å². The Morgan fingerprint density at radius 3 is 2.53 bits per heavy atom. The van der Waals surface area contributed by atoms with Crippen molar-refractivity contribution in [2.45, 2.75) is 38.3 Å². The lowest BCUT2D eigenvalue weighted by Gasteiger charge is -2.34. The highest BCUT2D eigenvalue weighted by Gasteiger charge is 2.26. The van der Waals surface area contributed by atoms with Gasteiger partial charge in [-0.1, -0.05) is 29.3 Å². The minimum atomic E-state index is -0.668. The van der Waals surface area contributed by atoms with Crippen molar-refractivity contribution in [1.29, 1.82) is 0 Å². The van der Waals surface area contributed by atoms with Crippen molar-refractivity contribution in [2.75, 3.05) is 45.8 Å². The van der Waals surface area contributed by atoms with Gasteiger partial charge in [0.15, 0.2) is 0 Å². The Morgan fingerprint density at radius 1 is 1.12 bits per heavy atom. The van der Waals surface area contributed by atoms with Crippen LogP contribution in [-0.4, -0.2) is 95.5 Å². The number of amides is 3. The Hall–Kier alpha value is -2.13. The van der Waals surface area contributed by atoms with Gasteiger partial charge in [-0.3, -0.25) is 14.4 Å². The van der Waals surface area contributed by atoms with Crippen molar-refractivity contribution in [3.63, 3.8) is 0 Å². The third-order valence-corrected chi connectivity index (χ3v) is 6.90. The van der Waals surface area contributed by atoms with Gasteiger partial charge in [0, 0.05) is 71.3 Å². The zero-order valence-corrected chi connectivity index (χ0v) is 20.9. The number of nitrogens with one attached hydrogen (secondary N) is 1. The van der Waals surface area contributed by atoms with E-state index in [1.165, 1.54) is 13.0 Å². The number of halogens is 2. The normalized spacial score (nSPS) is 19.4. The van der Waals surface area contributed by atoms with Crippen LogP contribution in [0.15, 0.2) is 24.3 Å². The van der Waals surface area contributed by atoms with Crippen molar-refractivity contribution in [3.05, 3.63) is 39.9 Å². The molecule has 2 saturated heterocycles. The summed E-state index contributed by atoms with van der Waals surface area (Å²) in [6.07, 6.45) is 4.40. The van der Waals surface area contributed by atoms with E-state index in [1.807, 2.05) is 0 Å². The van der Waals surface area contributed by atoms with Crippen LogP contribution in [0.4, 0.5) is 0 Å². The molecule has 0 aromatic heterocycles. The van der Waals surface area contributed by atoms with Gasteiger partial charge >= 0.3 is 0 Å². The van der Waals surface area contributed by atoms with Crippen molar-refractivity contribution < 1.29 is 19.5 Å². The molecule has 0 aliphatic carbocycles. The number of aliphatic hydroxyl groups excluding tert-OH is 1. The van der Waals surface area contributed by atoms with Crippen LogP contribution >= 0.6 is 23.2 Å². The quantitative estimate of drug-likeness (QED) is 0.547. The van der Waals surface area contributed by atoms with Gasteiger partial charge in [-0.2, -0.15) is 0 Å². The zero-order valence-electron chi connectivity index (χ0n) is 19.4. The number of benzene rings is 1. The van der Waals surface area contributed by atoms with Crippen LogP contribution in [0.2, 0.25) is 10.0 Å². The van der Waals surface area contributed by atoms with Gasteiger partial charge in [0.05, 0.1) is 16.1 Å². The highest BCUT2D eigenvalue weighted by molar-refractivity contribution is 6.42. The molecule has 3 rings (SSSR count). The molecule has 2 N–H and O–H groups in total. The maximum Gasteiger partial charge on any atom is 0.246 e.